The second kappa shape index (κ2) is 5.83. The zero-order valence-corrected chi connectivity index (χ0v) is 13.3. The van der Waals surface area contributed by atoms with E-state index < -0.39 is 0 Å². The van der Waals surface area contributed by atoms with Crippen LogP contribution in [0, 0.1) is 0 Å². The van der Waals surface area contributed by atoms with E-state index in [1.54, 1.807) is 0 Å². The first kappa shape index (κ1) is 13.9. The lowest BCUT2D eigenvalue weighted by molar-refractivity contribution is 0.237. The summed E-state index contributed by atoms with van der Waals surface area (Å²) in [6.07, 6.45) is 9.37. The summed E-state index contributed by atoms with van der Waals surface area (Å²) >= 11 is 0. The van der Waals surface area contributed by atoms with E-state index >= 15 is 0 Å². The van der Waals surface area contributed by atoms with Crippen molar-refractivity contribution in [1.29, 1.82) is 0 Å². The van der Waals surface area contributed by atoms with Crippen LogP contribution in [0.5, 0.6) is 0 Å². The highest BCUT2D eigenvalue weighted by Gasteiger charge is 2.30. The molecule has 1 aliphatic heterocycles. The highest BCUT2D eigenvalue weighted by Crippen LogP contribution is 2.33. The number of H-pyrrole nitrogens is 1. The summed E-state index contributed by atoms with van der Waals surface area (Å²) in [5, 5.41) is 8.43. The van der Waals surface area contributed by atoms with Crippen molar-refractivity contribution >= 4 is 0 Å². The molecule has 1 saturated heterocycles. The highest BCUT2D eigenvalue weighted by molar-refractivity contribution is 5.19. The minimum absolute atomic E-state index is 0.414. The summed E-state index contributed by atoms with van der Waals surface area (Å²) in [4.78, 5) is 11.0. The summed E-state index contributed by atoms with van der Waals surface area (Å²) < 4.78 is 1.89. The quantitative estimate of drug-likeness (QED) is 0.940. The smallest absolute Gasteiger partial charge is 0.124 e. The number of likely N-dealkylation sites (tertiary alicyclic amines) is 1. The van der Waals surface area contributed by atoms with Gasteiger partial charge in [-0.05, 0) is 52.0 Å². The van der Waals surface area contributed by atoms with Gasteiger partial charge in [0.2, 0.25) is 0 Å². The minimum Gasteiger partial charge on any atom is -0.344 e. The molecule has 6 nitrogen and oxygen atoms in total. The normalized spacial score (nSPS) is 22.1. The van der Waals surface area contributed by atoms with E-state index in [9.17, 15) is 0 Å². The van der Waals surface area contributed by atoms with Crippen LogP contribution in [0.15, 0.2) is 6.20 Å². The minimum atomic E-state index is 0.414. The van der Waals surface area contributed by atoms with Crippen molar-refractivity contribution in [2.24, 2.45) is 0 Å². The summed E-state index contributed by atoms with van der Waals surface area (Å²) in [6, 6.07) is 0.414. The molecule has 1 atom stereocenters. The maximum absolute atomic E-state index is 4.91. The van der Waals surface area contributed by atoms with Gasteiger partial charge in [0.15, 0.2) is 0 Å². The summed E-state index contributed by atoms with van der Waals surface area (Å²) in [5.41, 5.74) is 3.75. The number of fused-ring (bicyclic) bond motifs is 1. The fraction of sp³-hybridized carbons (Fsp3) is 0.688. The fourth-order valence-electron chi connectivity index (χ4n) is 3.73. The molecule has 4 rings (SSSR count). The second-order valence-corrected chi connectivity index (χ2v) is 6.45. The standard InChI is InChI=1S/C16H24N6/c1-2-22-11-12(19-20-22)10-21-9-5-8-15(21)16-17-13-6-3-4-7-14(13)18-16/h11,15H,2-10H2,1H3,(H,17,18). The predicted molar refractivity (Wildman–Crippen MR) is 83.3 cm³/mol. The van der Waals surface area contributed by atoms with Crippen LogP contribution in [-0.2, 0) is 25.9 Å². The number of rotatable bonds is 4. The molecule has 0 amide bonds. The number of aryl methyl sites for hydroxylation is 3. The number of hydrogen-bond acceptors (Lipinski definition) is 4. The number of aromatic nitrogens is 5. The molecule has 6 heteroatoms. The number of hydrogen-bond donors (Lipinski definition) is 1. The Labute approximate surface area is 130 Å². The Kier molecular flexibility index (Phi) is 3.70. The number of aromatic amines is 1. The van der Waals surface area contributed by atoms with Crippen molar-refractivity contribution in [3.8, 4) is 0 Å². The van der Waals surface area contributed by atoms with Crippen molar-refractivity contribution < 1.29 is 0 Å². The topological polar surface area (TPSA) is 62.6 Å². The maximum Gasteiger partial charge on any atom is 0.124 e. The van der Waals surface area contributed by atoms with Gasteiger partial charge < -0.3 is 4.98 Å². The second-order valence-electron chi connectivity index (χ2n) is 6.45. The van der Waals surface area contributed by atoms with Gasteiger partial charge in [-0.25, -0.2) is 4.98 Å². The molecule has 1 N–H and O–H groups in total. The van der Waals surface area contributed by atoms with E-state index in [1.165, 1.54) is 49.3 Å². The SMILES string of the molecule is CCn1cc(CN2CCCC2c2nc3c([nH]2)CCCC3)nn1. The average Bonchev–Trinajstić information content (AvgIpc) is 3.25. The molecule has 22 heavy (non-hydrogen) atoms. The first-order valence-corrected chi connectivity index (χ1v) is 8.54. The van der Waals surface area contributed by atoms with Crippen molar-refractivity contribution in [2.45, 2.75) is 64.6 Å². The van der Waals surface area contributed by atoms with Crippen LogP contribution in [0.2, 0.25) is 0 Å². The van der Waals surface area contributed by atoms with Crippen LogP contribution in [0.1, 0.15) is 61.6 Å². The van der Waals surface area contributed by atoms with E-state index in [0.717, 1.165) is 31.7 Å². The van der Waals surface area contributed by atoms with Gasteiger partial charge in [0.25, 0.3) is 0 Å². The zero-order valence-electron chi connectivity index (χ0n) is 13.3. The third kappa shape index (κ3) is 2.56. The molecule has 0 radical (unpaired) electrons. The van der Waals surface area contributed by atoms with Gasteiger partial charge in [-0.3, -0.25) is 9.58 Å². The molecule has 1 fully saturated rings. The summed E-state index contributed by atoms with van der Waals surface area (Å²) in [6.45, 7) is 4.96. The third-order valence-corrected chi connectivity index (χ3v) is 4.93. The van der Waals surface area contributed by atoms with Crippen molar-refractivity contribution in [2.75, 3.05) is 6.54 Å². The first-order valence-electron chi connectivity index (χ1n) is 8.54. The molecular weight excluding hydrogens is 276 g/mol. The van der Waals surface area contributed by atoms with E-state index in [4.69, 9.17) is 4.98 Å². The molecule has 1 unspecified atom stereocenters. The molecule has 1 aliphatic carbocycles. The average molecular weight is 300 g/mol. The lowest BCUT2D eigenvalue weighted by Crippen LogP contribution is -2.23. The molecule has 0 spiro atoms. The fourth-order valence-corrected chi connectivity index (χ4v) is 3.73. The van der Waals surface area contributed by atoms with E-state index in [1.807, 2.05) is 4.68 Å². The van der Waals surface area contributed by atoms with Gasteiger partial charge in [-0.2, -0.15) is 0 Å². The number of imidazole rings is 1. The van der Waals surface area contributed by atoms with E-state index in [-0.39, 0.29) is 0 Å². The Morgan fingerprint density at radius 3 is 3.00 bits per heavy atom. The zero-order chi connectivity index (χ0) is 14.9. The molecule has 118 valence electrons. The summed E-state index contributed by atoms with van der Waals surface area (Å²) in [7, 11) is 0. The Hall–Kier alpha value is -1.69. The van der Waals surface area contributed by atoms with Gasteiger partial charge in [0.05, 0.1) is 17.4 Å². The lowest BCUT2D eigenvalue weighted by Gasteiger charge is -2.21. The third-order valence-electron chi connectivity index (χ3n) is 4.93. The van der Waals surface area contributed by atoms with Gasteiger partial charge in [-0.1, -0.05) is 5.21 Å². The molecule has 3 heterocycles. The van der Waals surface area contributed by atoms with Crippen LogP contribution in [0.4, 0.5) is 0 Å². The predicted octanol–water partition coefficient (Wildman–Crippen LogP) is 2.24. The monoisotopic (exact) mass is 300 g/mol. The van der Waals surface area contributed by atoms with Crippen LogP contribution in [-0.4, -0.2) is 36.4 Å². The van der Waals surface area contributed by atoms with E-state index in [2.05, 4.69) is 33.3 Å². The van der Waals surface area contributed by atoms with Crippen LogP contribution in [0.3, 0.4) is 0 Å². The van der Waals surface area contributed by atoms with Crippen LogP contribution in [0.25, 0.3) is 0 Å². The maximum atomic E-state index is 4.91. The van der Waals surface area contributed by atoms with Gasteiger partial charge in [-0.15, -0.1) is 5.10 Å². The molecular formula is C16H24N6. The molecule has 2 aromatic rings. The Bertz CT molecular complexity index is 619. The van der Waals surface area contributed by atoms with Crippen LogP contribution < -0.4 is 0 Å². The van der Waals surface area contributed by atoms with Crippen molar-refractivity contribution in [3.05, 3.63) is 29.1 Å². The van der Waals surface area contributed by atoms with Gasteiger partial charge in [0.1, 0.15) is 5.82 Å². The molecule has 2 aromatic heterocycles. The number of nitrogens with one attached hydrogen (secondary N) is 1. The summed E-state index contributed by atoms with van der Waals surface area (Å²) in [5.74, 6) is 1.17. The molecule has 0 saturated carbocycles. The Morgan fingerprint density at radius 2 is 2.18 bits per heavy atom. The highest BCUT2D eigenvalue weighted by atomic mass is 15.4. The number of nitrogens with zero attached hydrogens (tertiary/aromatic N) is 5. The van der Waals surface area contributed by atoms with Gasteiger partial charge >= 0.3 is 0 Å². The Morgan fingerprint density at radius 1 is 1.27 bits per heavy atom. The lowest BCUT2D eigenvalue weighted by atomic mass is 10.0. The van der Waals surface area contributed by atoms with E-state index in [0.29, 0.717) is 6.04 Å². The van der Waals surface area contributed by atoms with Crippen LogP contribution >= 0.6 is 0 Å². The largest absolute Gasteiger partial charge is 0.344 e. The molecule has 2 aliphatic rings. The Balaban J connectivity index is 1.51. The first-order chi connectivity index (χ1) is 10.8. The molecule has 0 aromatic carbocycles. The van der Waals surface area contributed by atoms with Crippen molar-refractivity contribution in [3.63, 3.8) is 0 Å². The van der Waals surface area contributed by atoms with Gasteiger partial charge in [0, 0.05) is 25.0 Å². The molecule has 0 bridgehead atoms. The van der Waals surface area contributed by atoms with Crippen molar-refractivity contribution in [1.82, 2.24) is 29.9 Å².